The number of nitrogens with one attached hydrogen (secondary N) is 1. The molecule has 0 amide bonds. The maximum atomic E-state index is 14.2. The molecule has 4 heteroatoms. The fraction of sp³-hybridized carbons (Fsp3) is 0.176. The van der Waals surface area contributed by atoms with Gasteiger partial charge in [0.2, 0.25) is 0 Å². The molecule has 0 spiro atoms. The van der Waals surface area contributed by atoms with E-state index in [1.165, 1.54) is 6.07 Å². The second-order valence-corrected chi connectivity index (χ2v) is 5.89. The number of hydrogen-bond acceptors (Lipinski definition) is 3. The summed E-state index contributed by atoms with van der Waals surface area (Å²) in [7, 11) is 1.89. The Kier molecular flexibility index (Phi) is 4.18. The SMILES string of the molecule is CNCc1sc2cccc(F)c2c1COc1ccccc1. The van der Waals surface area contributed by atoms with Crippen molar-refractivity contribution in [1.82, 2.24) is 5.32 Å². The third-order valence-corrected chi connectivity index (χ3v) is 4.51. The van der Waals surface area contributed by atoms with E-state index in [-0.39, 0.29) is 5.82 Å². The van der Waals surface area contributed by atoms with Crippen LogP contribution in [0.5, 0.6) is 5.75 Å². The van der Waals surface area contributed by atoms with Crippen LogP contribution in [0.15, 0.2) is 48.5 Å². The summed E-state index contributed by atoms with van der Waals surface area (Å²) in [6, 6.07) is 14.8. The van der Waals surface area contributed by atoms with Gasteiger partial charge in [-0.2, -0.15) is 0 Å². The number of thiophene rings is 1. The van der Waals surface area contributed by atoms with E-state index < -0.39 is 0 Å². The summed E-state index contributed by atoms with van der Waals surface area (Å²) < 4.78 is 20.9. The summed E-state index contributed by atoms with van der Waals surface area (Å²) in [5, 5.41) is 3.82. The summed E-state index contributed by atoms with van der Waals surface area (Å²) in [6.45, 7) is 1.09. The zero-order chi connectivity index (χ0) is 14.7. The molecule has 0 saturated heterocycles. The lowest BCUT2D eigenvalue weighted by atomic mass is 10.1. The maximum absolute atomic E-state index is 14.2. The van der Waals surface area contributed by atoms with Crippen molar-refractivity contribution in [3.8, 4) is 5.75 Å². The smallest absolute Gasteiger partial charge is 0.132 e. The highest BCUT2D eigenvalue weighted by atomic mass is 32.1. The van der Waals surface area contributed by atoms with Crippen LogP contribution in [0.3, 0.4) is 0 Å². The van der Waals surface area contributed by atoms with E-state index in [2.05, 4.69) is 5.32 Å². The van der Waals surface area contributed by atoms with E-state index in [1.807, 2.05) is 43.4 Å². The Morgan fingerprint density at radius 1 is 1.10 bits per heavy atom. The third-order valence-electron chi connectivity index (χ3n) is 3.31. The van der Waals surface area contributed by atoms with Crippen molar-refractivity contribution in [2.75, 3.05) is 7.05 Å². The van der Waals surface area contributed by atoms with Crippen LogP contribution in [0, 0.1) is 5.82 Å². The number of hydrogen-bond donors (Lipinski definition) is 1. The van der Waals surface area contributed by atoms with Gasteiger partial charge in [-0.25, -0.2) is 4.39 Å². The Bertz CT molecular complexity index is 739. The Hall–Kier alpha value is -1.91. The lowest BCUT2D eigenvalue weighted by Gasteiger charge is -2.08. The molecule has 1 aromatic heterocycles. The minimum absolute atomic E-state index is 0.183. The summed E-state index contributed by atoms with van der Waals surface area (Å²) in [5.74, 6) is 0.612. The lowest BCUT2D eigenvalue weighted by molar-refractivity contribution is 0.306. The molecule has 1 N–H and O–H groups in total. The zero-order valence-corrected chi connectivity index (χ0v) is 12.5. The number of rotatable bonds is 5. The Morgan fingerprint density at radius 2 is 1.90 bits per heavy atom. The Labute approximate surface area is 127 Å². The van der Waals surface area contributed by atoms with Crippen LogP contribution in [-0.4, -0.2) is 7.05 Å². The Morgan fingerprint density at radius 3 is 2.67 bits per heavy atom. The minimum atomic E-state index is -0.183. The van der Waals surface area contributed by atoms with E-state index >= 15 is 0 Å². The second-order valence-electron chi connectivity index (χ2n) is 4.75. The molecule has 108 valence electrons. The predicted octanol–water partition coefficient (Wildman–Crippen LogP) is 4.34. The van der Waals surface area contributed by atoms with Gasteiger partial charge in [-0.05, 0) is 31.3 Å². The number of ether oxygens (including phenoxy) is 1. The van der Waals surface area contributed by atoms with E-state index in [4.69, 9.17) is 4.74 Å². The summed E-state index contributed by atoms with van der Waals surface area (Å²) in [4.78, 5) is 1.12. The Balaban J connectivity index is 1.97. The molecule has 21 heavy (non-hydrogen) atoms. The van der Waals surface area contributed by atoms with Crippen molar-refractivity contribution in [2.45, 2.75) is 13.2 Å². The molecule has 2 aromatic carbocycles. The molecule has 0 fully saturated rings. The van der Waals surface area contributed by atoms with Gasteiger partial charge in [0.1, 0.15) is 18.2 Å². The van der Waals surface area contributed by atoms with Gasteiger partial charge in [0, 0.05) is 27.1 Å². The molecule has 0 aliphatic rings. The van der Waals surface area contributed by atoms with Gasteiger partial charge in [0.05, 0.1) is 0 Å². The first-order valence-corrected chi connectivity index (χ1v) is 7.62. The van der Waals surface area contributed by atoms with Crippen LogP contribution in [0.4, 0.5) is 4.39 Å². The zero-order valence-electron chi connectivity index (χ0n) is 11.7. The first-order chi connectivity index (χ1) is 10.3. The number of halogens is 1. The monoisotopic (exact) mass is 301 g/mol. The molecule has 0 bridgehead atoms. The molecule has 1 heterocycles. The molecule has 3 aromatic rings. The van der Waals surface area contributed by atoms with Crippen LogP contribution in [0.1, 0.15) is 10.4 Å². The molecule has 0 atom stereocenters. The molecule has 2 nitrogen and oxygen atoms in total. The van der Waals surface area contributed by atoms with E-state index in [0.29, 0.717) is 18.5 Å². The largest absolute Gasteiger partial charge is 0.489 e. The summed E-state index contributed by atoms with van der Waals surface area (Å²) in [5.41, 5.74) is 0.936. The highest BCUT2D eigenvalue weighted by Gasteiger charge is 2.15. The summed E-state index contributed by atoms with van der Waals surface area (Å²) in [6.07, 6.45) is 0. The van der Waals surface area contributed by atoms with Crippen molar-refractivity contribution in [1.29, 1.82) is 0 Å². The molecule has 0 saturated carbocycles. The van der Waals surface area contributed by atoms with Gasteiger partial charge >= 0.3 is 0 Å². The van der Waals surface area contributed by atoms with Crippen LogP contribution >= 0.6 is 11.3 Å². The highest BCUT2D eigenvalue weighted by Crippen LogP contribution is 2.34. The molecule has 0 unspecified atom stereocenters. The van der Waals surface area contributed by atoms with Gasteiger partial charge in [-0.3, -0.25) is 0 Å². The number of para-hydroxylation sites is 1. The topological polar surface area (TPSA) is 21.3 Å². The van der Waals surface area contributed by atoms with Crippen molar-refractivity contribution in [2.24, 2.45) is 0 Å². The molecular formula is C17H16FNOS. The van der Waals surface area contributed by atoms with Gasteiger partial charge in [-0.15, -0.1) is 11.3 Å². The van der Waals surface area contributed by atoms with Gasteiger partial charge in [0.15, 0.2) is 0 Å². The highest BCUT2D eigenvalue weighted by molar-refractivity contribution is 7.19. The van der Waals surface area contributed by atoms with Crippen LogP contribution < -0.4 is 10.1 Å². The van der Waals surface area contributed by atoms with Crippen molar-refractivity contribution in [3.05, 3.63) is 64.8 Å². The quantitative estimate of drug-likeness (QED) is 0.757. The van der Waals surface area contributed by atoms with Gasteiger partial charge in [0.25, 0.3) is 0 Å². The maximum Gasteiger partial charge on any atom is 0.132 e. The third kappa shape index (κ3) is 2.91. The molecule has 0 aliphatic carbocycles. The first-order valence-electron chi connectivity index (χ1n) is 6.81. The van der Waals surface area contributed by atoms with E-state index in [1.54, 1.807) is 17.4 Å². The molecular weight excluding hydrogens is 285 g/mol. The molecule has 0 radical (unpaired) electrons. The van der Waals surface area contributed by atoms with Crippen LogP contribution in [-0.2, 0) is 13.2 Å². The van der Waals surface area contributed by atoms with Crippen LogP contribution in [0.25, 0.3) is 10.1 Å². The average Bonchev–Trinajstić information content (AvgIpc) is 2.85. The van der Waals surface area contributed by atoms with Gasteiger partial charge in [-0.1, -0.05) is 24.3 Å². The minimum Gasteiger partial charge on any atom is -0.489 e. The average molecular weight is 301 g/mol. The predicted molar refractivity (Wildman–Crippen MR) is 85.3 cm³/mol. The first kappa shape index (κ1) is 14.0. The summed E-state index contributed by atoms with van der Waals surface area (Å²) >= 11 is 1.62. The number of fused-ring (bicyclic) bond motifs is 1. The number of benzene rings is 2. The fourth-order valence-electron chi connectivity index (χ4n) is 2.34. The van der Waals surface area contributed by atoms with Crippen molar-refractivity contribution < 1.29 is 9.13 Å². The standard InChI is InChI=1S/C17H16FNOS/c1-19-10-16-13(11-20-12-6-3-2-4-7-12)17-14(18)8-5-9-15(17)21-16/h2-9,19H,10-11H2,1H3. The van der Waals surface area contributed by atoms with Gasteiger partial charge < -0.3 is 10.1 Å². The molecule has 0 aliphatic heterocycles. The fourth-order valence-corrected chi connectivity index (χ4v) is 3.58. The second kappa shape index (κ2) is 6.24. The molecule has 3 rings (SSSR count). The van der Waals surface area contributed by atoms with E-state index in [9.17, 15) is 4.39 Å². The lowest BCUT2D eigenvalue weighted by Crippen LogP contribution is -2.07. The van der Waals surface area contributed by atoms with Crippen LogP contribution in [0.2, 0.25) is 0 Å². The van der Waals surface area contributed by atoms with E-state index in [0.717, 1.165) is 20.9 Å². The normalized spacial score (nSPS) is 11.0. The van der Waals surface area contributed by atoms with Crippen molar-refractivity contribution >= 4 is 21.4 Å². The van der Waals surface area contributed by atoms with Crippen molar-refractivity contribution in [3.63, 3.8) is 0 Å².